The molecule has 2 aromatic rings. The molecule has 1 fully saturated rings. The zero-order valence-corrected chi connectivity index (χ0v) is 15.7. The lowest BCUT2D eigenvalue weighted by atomic mass is 10.1. The smallest absolute Gasteiger partial charge is 0.271 e. The Morgan fingerprint density at radius 2 is 1.89 bits per heavy atom. The third-order valence-electron chi connectivity index (χ3n) is 4.59. The first-order chi connectivity index (χ1) is 13.2. The van der Waals surface area contributed by atoms with Crippen LogP contribution < -0.4 is 10.9 Å². The van der Waals surface area contributed by atoms with Gasteiger partial charge < -0.3 is 10.1 Å². The average Bonchev–Trinajstić information content (AvgIpc) is 2.70. The number of ether oxygens (including phenoxy) is 1. The van der Waals surface area contributed by atoms with Crippen molar-refractivity contribution in [1.82, 2.24) is 20.0 Å². The topological polar surface area (TPSA) is 76.5 Å². The number of nitrogens with zero attached hydrogens (tertiary/aromatic N) is 3. The number of hydrogen-bond acceptors (Lipinski definition) is 5. The molecule has 1 aromatic heterocycles. The van der Waals surface area contributed by atoms with E-state index in [1.807, 2.05) is 25.1 Å². The SMILES string of the molecule is CCCn1nc(C(=O)NCc2ccccc2CN2CCOCC2)ccc1=O. The highest BCUT2D eigenvalue weighted by Gasteiger charge is 2.14. The van der Waals surface area contributed by atoms with Crippen LogP contribution in [0.2, 0.25) is 0 Å². The van der Waals surface area contributed by atoms with Crippen molar-refractivity contribution >= 4 is 5.91 Å². The molecule has 0 unspecified atom stereocenters. The summed E-state index contributed by atoms with van der Waals surface area (Å²) in [5, 5.41) is 7.08. The van der Waals surface area contributed by atoms with Crippen molar-refractivity contribution in [3.8, 4) is 0 Å². The van der Waals surface area contributed by atoms with E-state index < -0.39 is 0 Å². The van der Waals surface area contributed by atoms with E-state index in [9.17, 15) is 9.59 Å². The second-order valence-corrected chi connectivity index (χ2v) is 6.62. The van der Waals surface area contributed by atoms with Gasteiger partial charge in [-0.25, -0.2) is 4.68 Å². The first-order valence-electron chi connectivity index (χ1n) is 9.40. The van der Waals surface area contributed by atoms with E-state index in [4.69, 9.17) is 4.74 Å². The van der Waals surface area contributed by atoms with Gasteiger partial charge in [0.15, 0.2) is 0 Å². The van der Waals surface area contributed by atoms with Gasteiger partial charge in [0.25, 0.3) is 11.5 Å². The Labute approximate surface area is 158 Å². The highest BCUT2D eigenvalue weighted by molar-refractivity contribution is 5.91. The number of aromatic nitrogens is 2. The molecule has 0 spiro atoms. The Hall–Kier alpha value is -2.51. The normalized spacial score (nSPS) is 14.9. The summed E-state index contributed by atoms with van der Waals surface area (Å²) in [4.78, 5) is 26.6. The Morgan fingerprint density at radius 1 is 1.15 bits per heavy atom. The Bertz CT molecular complexity index is 828. The first kappa shape index (κ1) is 19.3. The van der Waals surface area contributed by atoms with Crippen molar-refractivity contribution in [2.75, 3.05) is 26.3 Å². The molecule has 7 nitrogen and oxygen atoms in total. The molecular formula is C20H26N4O3. The highest BCUT2D eigenvalue weighted by Crippen LogP contribution is 2.13. The Balaban J connectivity index is 1.65. The van der Waals surface area contributed by atoms with Gasteiger partial charge >= 0.3 is 0 Å². The number of carbonyl (C=O) groups is 1. The zero-order valence-electron chi connectivity index (χ0n) is 15.7. The molecule has 0 aliphatic carbocycles. The lowest BCUT2D eigenvalue weighted by molar-refractivity contribution is 0.0340. The van der Waals surface area contributed by atoms with Gasteiger partial charge in [0.1, 0.15) is 5.69 Å². The van der Waals surface area contributed by atoms with Crippen molar-refractivity contribution in [2.45, 2.75) is 33.0 Å². The summed E-state index contributed by atoms with van der Waals surface area (Å²) in [5.74, 6) is -0.277. The van der Waals surface area contributed by atoms with Crippen molar-refractivity contribution in [3.05, 3.63) is 63.6 Å². The van der Waals surface area contributed by atoms with Gasteiger partial charge in [-0.15, -0.1) is 0 Å². The summed E-state index contributed by atoms with van der Waals surface area (Å²) in [7, 11) is 0. The van der Waals surface area contributed by atoms with E-state index in [0.29, 0.717) is 13.1 Å². The van der Waals surface area contributed by atoms with E-state index in [1.165, 1.54) is 22.4 Å². The van der Waals surface area contributed by atoms with E-state index >= 15 is 0 Å². The van der Waals surface area contributed by atoms with E-state index in [-0.39, 0.29) is 17.2 Å². The fraction of sp³-hybridized carbons (Fsp3) is 0.450. The van der Waals surface area contributed by atoms with Gasteiger partial charge in [-0.3, -0.25) is 14.5 Å². The van der Waals surface area contributed by atoms with Gasteiger partial charge in [-0.2, -0.15) is 5.10 Å². The predicted octanol–water partition coefficient (Wildman–Crippen LogP) is 1.42. The minimum Gasteiger partial charge on any atom is -0.379 e. The number of rotatable bonds is 7. The van der Waals surface area contributed by atoms with Crippen LogP contribution in [-0.4, -0.2) is 46.9 Å². The van der Waals surface area contributed by atoms with Crippen LogP contribution in [0.1, 0.15) is 35.0 Å². The third-order valence-corrected chi connectivity index (χ3v) is 4.59. The number of nitrogens with one attached hydrogen (secondary N) is 1. The molecule has 7 heteroatoms. The standard InChI is InChI=1S/C20H26N4O3/c1-2-9-24-19(25)8-7-18(22-24)20(26)21-14-16-5-3-4-6-17(16)15-23-10-12-27-13-11-23/h3-8H,2,9-15H2,1H3,(H,21,26). The summed E-state index contributed by atoms with van der Waals surface area (Å²) in [6, 6.07) is 11.0. The third kappa shape index (κ3) is 5.24. The van der Waals surface area contributed by atoms with Crippen molar-refractivity contribution in [1.29, 1.82) is 0 Å². The lowest BCUT2D eigenvalue weighted by Crippen LogP contribution is -2.36. The molecule has 1 aliphatic heterocycles. The average molecular weight is 370 g/mol. The van der Waals surface area contributed by atoms with Crippen LogP contribution in [-0.2, 0) is 24.4 Å². The Morgan fingerprint density at radius 3 is 2.63 bits per heavy atom. The van der Waals surface area contributed by atoms with Gasteiger partial charge in [0, 0.05) is 38.8 Å². The first-order valence-corrected chi connectivity index (χ1v) is 9.40. The van der Waals surface area contributed by atoms with Gasteiger partial charge in [-0.1, -0.05) is 31.2 Å². The molecule has 0 radical (unpaired) electrons. The van der Waals surface area contributed by atoms with Crippen LogP contribution in [0.3, 0.4) is 0 Å². The molecule has 144 valence electrons. The van der Waals surface area contributed by atoms with Crippen molar-refractivity contribution in [3.63, 3.8) is 0 Å². The molecule has 1 saturated heterocycles. The number of aryl methyl sites for hydroxylation is 1. The molecule has 2 heterocycles. The van der Waals surface area contributed by atoms with Crippen LogP contribution in [0.4, 0.5) is 0 Å². The Kier molecular flexibility index (Phi) is 6.73. The molecule has 0 saturated carbocycles. The number of hydrogen-bond donors (Lipinski definition) is 1. The van der Waals surface area contributed by atoms with Crippen LogP contribution in [0.15, 0.2) is 41.2 Å². The number of morpholine rings is 1. The highest BCUT2D eigenvalue weighted by atomic mass is 16.5. The van der Waals surface area contributed by atoms with Crippen LogP contribution in [0.25, 0.3) is 0 Å². The van der Waals surface area contributed by atoms with Crippen molar-refractivity contribution < 1.29 is 9.53 Å². The fourth-order valence-corrected chi connectivity index (χ4v) is 3.09. The lowest BCUT2D eigenvalue weighted by Gasteiger charge is -2.27. The van der Waals surface area contributed by atoms with Gasteiger partial charge in [-0.05, 0) is 23.6 Å². The quantitative estimate of drug-likeness (QED) is 0.798. The van der Waals surface area contributed by atoms with Crippen molar-refractivity contribution in [2.24, 2.45) is 0 Å². The largest absolute Gasteiger partial charge is 0.379 e. The van der Waals surface area contributed by atoms with Crippen LogP contribution in [0.5, 0.6) is 0 Å². The van der Waals surface area contributed by atoms with E-state index in [2.05, 4.69) is 21.4 Å². The summed E-state index contributed by atoms with van der Waals surface area (Å²) in [6.45, 7) is 7.10. The molecule has 0 bridgehead atoms. The van der Waals surface area contributed by atoms with Crippen LogP contribution in [0, 0.1) is 0 Å². The minimum absolute atomic E-state index is 0.191. The maximum absolute atomic E-state index is 12.5. The maximum atomic E-state index is 12.5. The molecule has 1 aromatic carbocycles. The minimum atomic E-state index is -0.277. The molecule has 27 heavy (non-hydrogen) atoms. The second-order valence-electron chi connectivity index (χ2n) is 6.62. The van der Waals surface area contributed by atoms with Gasteiger partial charge in [0.05, 0.1) is 13.2 Å². The van der Waals surface area contributed by atoms with E-state index in [1.54, 1.807) is 0 Å². The molecule has 1 aliphatic rings. The number of carbonyl (C=O) groups excluding carboxylic acids is 1. The summed E-state index contributed by atoms with van der Waals surface area (Å²) >= 11 is 0. The fourth-order valence-electron chi connectivity index (χ4n) is 3.09. The number of benzene rings is 1. The summed E-state index contributed by atoms with van der Waals surface area (Å²) in [6.07, 6.45) is 0.785. The number of amides is 1. The van der Waals surface area contributed by atoms with Gasteiger partial charge in [0.2, 0.25) is 0 Å². The molecular weight excluding hydrogens is 344 g/mol. The zero-order chi connectivity index (χ0) is 19.1. The maximum Gasteiger partial charge on any atom is 0.271 e. The van der Waals surface area contributed by atoms with Crippen LogP contribution >= 0.6 is 0 Å². The van der Waals surface area contributed by atoms with E-state index in [0.717, 1.165) is 44.8 Å². The summed E-state index contributed by atoms with van der Waals surface area (Å²) < 4.78 is 6.74. The molecule has 1 amide bonds. The molecule has 0 atom stereocenters. The predicted molar refractivity (Wildman–Crippen MR) is 102 cm³/mol. The molecule has 1 N–H and O–H groups in total. The monoisotopic (exact) mass is 370 g/mol. The molecule has 3 rings (SSSR count). The summed E-state index contributed by atoms with van der Waals surface area (Å²) in [5.41, 5.74) is 2.35. The second kappa shape index (κ2) is 9.43.